The molecule has 0 spiro atoms. The van der Waals surface area contributed by atoms with Gasteiger partial charge in [-0.3, -0.25) is 10.1 Å². The number of benzene rings is 1. The average molecular weight is 206 g/mol. The van der Waals surface area contributed by atoms with E-state index in [1.165, 1.54) is 12.5 Å². The van der Waals surface area contributed by atoms with Gasteiger partial charge in [0.2, 0.25) is 0 Å². The first-order valence-corrected chi connectivity index (χ1v) is 5.20. The second-order valence-corrected chi connectivity index (χ2v) is 3.99. The lowest BCUT2D eigenvalue weighted by Gasteiger charge is -2.07. The summed E-state index contributed by atoms with van der Waals surface area (Å²) in [4.78, 5) is 10.2. The molecule has 80 valence electrons. The third-order valence-corrected chi connectivity index (χ3v) is 2.81. The Morgan fingerprint density at radius 1 is 1.53 bits per heavy atom. The normalized spacial score (nSPS) is 20.4. The first-order chi connectivity index (χ1) is 7.25. The van der Waals surface area contributed by atoms with Crippen LogP contribution in [0.3, 0.4) is 0 Å². The van der Waals surface area contributed by atoms with Crippen molar-refractivity contribution in [1.82, 2.24) is 5.32 Å². The monoisotopic (exact) mass is 206 g/mol. The Balaban J connectivity index is 2.07. The summed E-state index contributed by atoms with van der Waals surface area (Å²) in [6.07, 6.45) is 2.11. The third kappa shape index (κ3) is 2.53. The lowest BCUT2D eigenvalue weighted by molar-refractivity contribution is -0.384. The third-order valence-electron chi connectivity index (χ3n) is 2.81. The van der Waals surface area contributed by atoms with Crippen LogP contribution >= 0.6 is 0 Å². The lowest BCUT2D eigenvalue weighted by atomic mass is 9.98. The minimum Gasteiger partial charge on any atom is -0.316 e. The summed E-state index contributed by atoms with van der Waals surface area (Å²) in [7, 11) is 0. The van der Waals surface area contributed by atoms with Crippen molar-refractivity contribution in [3.8, 4) is 0 Å². The van der Waals surface area contributed by atoms with E-state index in [1.54, 1.807) is 12.1 Å². The zero-order valence-electron chi connectivity index (χ0n) is 8.48. The molecule has 0 saturated carbocycles. The van der Waals surface area contributed by atoms with Crippen LogP contribution in [0.25, 0.3) is 0 Å². The lowest BCUT2D eigenvalue weighted by Crippen LogP contribution is -2.10. The van der Waals surface area contributed by atoms with Gasteiger partial charge in [0, 0.05) is 12.1 Å². The van der Waals surface area contributed by atoms with Crippen LogP contribution in [0, 0.1) is 16.0 Å². The molecular formula is C11H14N2O2. The molecule has 0 aliphatic carbocycles. The van der Waals surface area contributed by atoms with Crippen molar-refractivity contribution < 1.29 is 4.92 Å². The van der Waals surface area contributed by atoms with Crippen LogP contribution in [0.1, 0.15) is 12.0 Å². The van der Waals surface area contributed by atoms with E-state index in [1.807, 2.05) is 6.07 Å². The van der Waals surface area contributed by atoms with Crippen LogP contribution in [0.15, 0.2) is 24.3 Å². The highest BCUT2D eigenvalue weighted by Gasteiger charge is 2.15. The summed E-state index contributed by atoms with van der Waals surface area (Å²) in [5.74, 6) is 0.631. The highest BCUT2D eigenvalue weighted by molar-refractivity contribution is 5.34. The molecule has 1 N–H and O–H groups in total. The molecule has 1 aromatic carbocycles. The van der Waals surface area contributed by atoms with Gasteiger partial charge in [-0.15, -0.1) is 0 Å². The fourth-order valence-electron chi connectivity index (χ4n) is 2.02. The number of hydrogen-bond donors (Lipinski definition) is 1. The second kappa shape index (κ2) is 4.40. The Morgan fingerprint density at radius 3 is 3.07 bits per heavy atom. The van der Waals surface area contributed by atoms with Crippen LogP contribution in [0.2, 0.25) is 0 Å². The average Bonchev–Trinajstić information content (AvgIpc) is 2.71. The number of non-ortho nitro benzene ring substituents is 1. The zero-order valence-corrected chi connectivity index (χ0v) is 8.48. The first-order valence-electron chi connectivity index (χ1n) is 5.20. The van der Waals surface area contributed by atoms with Gasteiger partial charge in [0.15, 0.2) is 0 Å². The number of nitro groups is 1. The van der Waals surface area contributed by atoms with Gasteiger partial charge in [-0.2, -0.15) is 0 Å². The van der Waals surface area contributed by atoms with Crippen molar-refractivity contribution in [3.63, 3.8) is 0 Å². The second-order valence-electron chi connectivity index (χ2n) is 3.99. The van der Waals surface area contributed by atoms with Crippen molar-refractivity contribution in [2.24, 2.45) is 5.92 Å². The van der Waals surface area contributed by atoms with E-state index in [-0.39, 0.29) is 10.6 Å². The molecule has 1 unspecified atom stereocenters. The summed E-state index contributed by atoms with van der Waals surface area (Å²) < 4.78 is 0. The van der Waals surface area contributed by atoms with Crippen LogP contribution in [0.4, 0.5) is 5.69 Å². The van der Waals surface area contributed by atoms with Crippen molar-refractivity contribution >= 4 is 5.69 Å². The van der Waals surface area contributed by atoms with E-state index < -0.39 is 0 Å². The topological polar surface area (TPSA) is 55.2 Å². The van der Waals surface area contributed by atoms with E-state index in [0.29, 0.717) is 5.92 Å². The van der Waals surface area contributed by atoms with E-state index in [2.05, 4.69) is 5.32 Å². The van der Waals surface area contributed by atoms with E-state index in [9.17, 15) is 10.1 Å². The molecule has 1 atom stereocenters. The zero-order chi connectivity index (χ0) is 10.7. The maximum atomic E-state index is 10.6. The van der Waals surface area contributed by atoms with Gasteiger partial charge in [-0.1, -0.05) is 12.1 Å². The molecule has 0 amide bonds. The molecule has 1 heterocycles. The fourth-order valence-corrected chi connectivity index (χ4v) is 2.02. The molecule has 1 aromatic rings. The maximum Gasteiger partial charge on any atom is 0.269 e. The molecule has 4 heteroatoms. The summed E-state index contributed by atoms with van der Waals surface area (Å²) in [5, 5.41) is 13.9. The van der Waals surface area contributed by atoms with Gasteiger partial charge in [0.05, 0.1) is 4.92 Å². The van der Waals surface area contributed by atoms with Gasteiger partial charge in [-0.05, 0) is 37.4 Å². The van der Waals surface area contributed by atoms with Gasteiger partial charge in [0.25, 0.3) is 5.69 Å². The number of nitrogens with zero attached hydrogens (tertiary/aromatic N) is 1. The molecule has 2 rings (SSSR count). The molecule has 4 nitrogen and oxygen atoms in total. The van der Waals surface area contributed by atoms with Crippen LogP contribution < -0.4 is 5.32 Å². The summed E-state index contributed by atoms with van der Waals surface area (Å²) in [5.41, 5.74) is 1.26. The Morgan fingerprint density at radius 2 is 2.40 bits per heavy atom. The smallest absolute Gasteiger partial charge is 0.269 e. The number of nitro benzene ring substituents is 1. The number of rotatable bonds is 3. The van der Waals surface area contributed by atoms with E-state index in [0.717, 1.165) is 25.1 Å². The largest absolute Gasteiger partial charge is 0.316 e. The molecule has 0 bridgehead atoms. The minimum atomic E-state index is -0.337. The molecule has 15 heavy (non-hydrogen) atoms. The fraction of sp³-hybridized carbons (Fsp3) is 0.455. The SMILES string of the molecule is O=[N+]([O-])c1cccc(CC2CCNC2)c1. The Hall–Kier alpha value is -1.42. The summed E-state index contributed by atoms with van der Waals surface area (Å²) >= 11 is 0. The molecule has 0 aromatic heterocycles. The Kier molecular flexibility index (Phi) is 2.97. The van der Waals surface area contributed by atoms with E-state index >= 15 is 0 Å². The number of hydrogen-bond acceptors (Lipinski definition) is 3. The van der Waals surface area contributed by atoms with Gasteiger partial charge in [-0.25, -0.2) is 0 Å². The maximum absolute atomic E-state index is 10.6. The van der Waals surface area contributed by atoms with Crippen LogP contribution in [-0.2, 0) is 6.42 Å². The predicted octanol–water partition coefficient (Wildman–Crippen LogP) is 1.75. The summed E-state index contributed by atoms with van der Waals surface area (Å²) in [6, 6.07) is 6.94. The standard InChI is InChI=1S/C11H14N2O2/c14-13(15)11-3-1-2-9(7-11)6-10-4-5-12-8-10/h1-3,7,10,12H,4-6,8H2. The van der Waals surface area contributed by atoms with Gasteiger partial charge >= 0.3 is 0 Å². The van der Waals surface area contributed by atoms with Crippen molar-refractivity contribution in [2.75, 3.05) is 13.1 Å². The Labute approximate surface area is 88.5 Å². The Bertz CT molecular complexity index is 359. The molecular weight excluding hydrogens is 192 g/mol. The summed E-state index contributed by atoms with van der Waals surface area (Å²) in [6.45, 7) is 2.10. The van der Waals surface area contributed by atoms with E-state index in [4.69, 9.17) is 0 Å². The van der Waals surface area contributed by atoms with Crippen molar-refractivity contribution in [1.29, 1.82) is 0 Å². The highest BCUT2D eigenvalue weighted by atomic mass is 16.6. The molecule has 0 radical (unpaired) electrons. The molecule has 1 fully saturated rings. The molecule has 1 aliphatic heterocycles. The van der Waals surface area contributed by atoms with Crippen LogP contribution in [0.5, 0.6) is 0 Å². The van der Waals surface area contributed by atoms with Gasteiger partial charge in [0.1, 0.15) is 0 Å². The van der Waals surface area contributed by atoms with Crippen molar-refractivity contribution in [3.05, 3.63) is 39.9 Å². The predicted molar refractivity (Wildman–Crippen MR) is 57.8 cm³/mol. The number of nitrogens with one attached hydrogen (secondary N) is 1. The van der Waals surface area contributed by atoms with Gasteiger partial charge < -0.3 is 5.32 Å². The van der Waals surface area contributed by atoms with Crippen molar-refractivity contribution in [2.45, 2.75) is 12.8 Å². The quantitative estimate of drug-likeness (QED) is 0.605. The first kappa shape index (κ1) is 10.1. The van der Waals surface area contributed by atoms with Crippen LogP contribution in [-0.4, -0.2) is 18.0 Å². The molecule has 1 saturated heterocycles. The molecule has 1 aliphatic rings. The highest BCUT2D eigenvalue weighted by Crippen LogP contribution is 2.19. The minimum absolute atomic E-state index is 0.193.